The second-order valence-electron chi connectivity index (χ2n) is 5.28. The van der Waals surface area contributed by atoms with Crippen molar-refractivity contribution < 1.29 is 19.4 Å². The van der Waals surface area contributed by atoms with E-state index in [1.54, 1.807) is 31.4 Å². The number of aromatic hydroxyl groups is 1. The number of hydrogen-bond acceptors (Lipinski definition) is 4. The number of nitrogens with zero attached hydrogens (tertiary/aromatic N) is 1. The van der Waals surface area contributed by atoms with Gasteiger partial charge < -0.3 is 19.5 Å². The molecule has 0 aromatic heterocycles. The van der Waals surface area contributed by atoms with Crippen molar-refractivity contribution in [3.63, 3.8) is 0 Å². The smallest absolute Gasteiger partial charge is 0.246 e. The summed E-state index contributed by atoms with van der Waals surface area (Å²) in [5, 5.41) is 9.98. The van der Waals surface area contributed by atoms with Crippen molar-refractivity contribution in [1.29, 1.82) is 0 Å². The molecule has 1 amide bonds. The molecule has 0 bridgehead atoms. The fourth-order valence-corrected chi connectivity index (χ4v) is 2.38. The van der Waals surface area contributed by atoms with Crippen molar-refractivity contribution in [3.8, 4) is 11.5 Å². The fourth-order valence-electron chi connectivity index (χ4n) is 2.38. The van der Waals surface area contributed by atoms with Crippen LogP contribution in [0.4, 0.5) is 0 Å². The van der Waals surface area contributed by atoms with Crippen LogP contribution in [0.1, 0.15) is 24.8 Å². The molecule has 22 heavy (non-hydrogen) atoms. The van der Waals surface area contributed by atoms with E-state index in [0.717, 1.165) is 25.9 Å². The number of carbonyl (C=O) groups excluding carboxylic acids is 1. The van der Waals surface area contributed by atoms with Gasteiger partial charge in [0.15, 0.2) is 0 Å². The number of benzene rings is 1. The average Bonchev–Trinajstić information content (AvgIpc) is 2.55. The summed E-state index contributed by atoms with van der Waals surface area (Å²) in [6, 6.07) is 5.04. The molecule has 1 fully saturated rings. The third-order valence-electron chi connectivity index (χ3n) is 3.63. The number of phenols is 1. The molecule has 2 rings (SSSR count). The Balaban J connectivity index is 1.94. The molecule has 5 heteroatoms. The zero-order valence-corrected chi connectivity index (χ0v) is 13.0. The summed E-state index contributed by atoms with van der Waals surface area (Å²) >= 11 is 0. The normalized spacial score (nSPS) is 15.2. The number of rotatable bonds is 6. The van der Waals surface area contributed by atoms with Gasteiger partial charge in [-0.15, -0.1) is 0 Å². The monoisotopic (exact) mass is 305 g/mol. The summed E-state index contributed by atoms with van der Waals surface area (Å²) in [5.41, 5.74) is 0.601. The summed E-state index contributed by atoms with van der Waals surface area (Å²) in [6.07, 6.45) is 6.49. The Labute approximate surface area is 131 Å². The van der Waals surface area contributed by atoms with E-state index in [9.17, 15) is 9.90 Å². The Morgan fingerprint density at radius 2 is 2.05 bits per heavy atom. The maximum atomic E-state index is 12.0. The Hall–Kier alpha value is -2.01. The minimum absolute atomic E-state index is 0.000443. The number of phenolic OH excluding ortho intramolecular Hbond substituents is 1. The van der Waals surface area contributed by atoms with Crippen LogP contribution in [0, 0.1) is 0 Å². The van der Waals surface area contributed by atoms with Gasteiger partial charge in [-0.1, -0.05) is 0 Å². The van der Waals surface area contributed by atoms with Crippen LogP contribution in [0.5, 0.6) is 11.5 Å². The number of carbonyl (C=O) groups is 1. The lowest BCUT2D eigenvalue weighted by Gasteiger charge is -2.25. The summed E-state index contributed by atoms with van der Waals surface area (Å²) in [6.45, 7) is 2.56. The maximum Gasteiger partial charge on any atom is 0.246 e. The van der Waals surface area contributed by atoms with Crippen molar-refractivity contribution in [2.24, 2.45) is 0 Å². The van der Waals surface area contributed by atoms with Crippen LogP contribution in [-0.2, 0) is 9.53 Å². The van der Waals surface area contributed by atoms with Gasteiger partial charge in [-0.2, -0.15) is 0 Å². The second kappa shape index (κ2) is 8.44. The lowest BCUT2D eigenvalue weighted by Crippen LogP contribution is -2.34. The molecular weight excluding hydrogens is 282 g/mol. The quantitative estimate of drug-likeness (QED) is 0.648. The Kier molecular flexibility index (Phi) is 6.27. The van der Waals surface area contributed by atoms with Gasteiger partial charge in [0, 0.05) is 37.9 Å². The highest BCUT2D eigenvalue weighted by molar-refractivity contribution is 5.92. The van der Waals surface area contributed by atoms with Gasteiger partial charge in [-0.25, -0.2) is 0 Å². The number of hydrogen-bond donors (Lipinski definition) is 1. The molecule has 5 nitrogen and oxygen atoms in total. The van der Waals surface area contributed by atoms with Crippen molar-refractivity contribution in [1.82, 2.24) is 4.90 Å². The minimum atomic E-state index is -0.000443. The zero-order chi connectivity index (χ0) is 15.8. The highest BCUT2D eigenvalue weighted by Gasteiger charge is 2.13. The largest absolute Gasteiger partial charge is 0.507 e. The predicted octanol–water partition coefficient (Wildman–Crippen LogP) is 2.44. The van der Waals surface area contributed by atoms with Crippen LogP contribution < -0.4 is 4.74 Å². The predicted molar refractivity (Wildman–Crippen MR) is 84.9 cm³/mol. The van der Waals surface area contributed by atoms with Gasteiger partial charge in [0.25, 0.3) is 0 Å². The molecular formula is C17H23NO4. The first-order chi connectivity index (χ1) is 10.7. The molecule has 1 aliphatic rings. The van der Waals surface area contributed by atoms with Gasteiger partial charge in [0.05, 0.1) is 6.61 Å². The van der Waals surface area contributed by atoms with Crippen LogP contribution in [-0.4, -0.2) is 49.3 Å². The van der Waals surface area contributed by atoms with Gasteiger partial charge in [0.1, 0.15) is 18.1 Å². The third-order valence-corrected chi connectivity index (χ3v) is 3.63. The maximum absolute atomic E-state index is 12.0. The van der Waals surface area contributed by atoms with E-state index in [2.05, 4.69) is 0 Å². The van der Waals surface area contributed by atoms with E-state index in [-0.39, 0.29) is 11.7 Å². The molecule has 0 radical (unpaired) electrons. The van der Waals surface area contributed by atoms with Crippen LogP contribution in [0.25, 0.3) is 6.08 Å². The van der Waals surface area contributed by atoms with E-state index >= 15 is 0 Å². The summed E-state index contributed by atoms with van der Waals surface area (Å²) in [7, 11) is 1.61. The van der Waals surface area contributed by atoms with E-state index in [4.69, 9.17) is 9.47 Å². The summed E-state index contributed by atoms with van der Waals surface area (Å²) in [4.78, 5) is 13.9. The van der Waals surface area contributed by atoms with Gasteiger partial charge >= 0.3 is 0 Å². The first-order valence-electron chi connectivity index (χ1n) is 7.62. The SMILES string of the molecule is COCCOc1ccc(C=CC(=O)N2CCCCC2)c(O)c1. The van der Waals surface area contributed by atoms with Crippen molar-refractivity contribution in [2.75, 3.05) is 33.4 Å². The topological polar surface area (TPSA) is 59.0 Å². The Morgan fingerprint density at radius 3 is 2.73 bits per heavy atom. The molecule has 0 atom stereocenters. The average molecular weight is 305 g/mol. The molecule has 1 N–H and O–H groups in total. The number of methoxy groups -OCH3 is 1. The standard InChI is InChI=1S/C17H23NO4/c1-21-11-12-22-15-7-5-14(16(19)13-15)6-8-17(20)18-9-3-2-4-10-18/h5-8,13,19H,2-4,9-12H2,1H3. The molecule has 1 saturated heterocycles. The van der Waals surface area contributed by atoms with Crippen molar-refractivity contribution >= 4 is 12.0 Å². The number of ether oxygens (including phenoxy) is 2. The molecule has 120 valence electrons. The second-order valence-corrected chi connectivity index (χ2v) is 5.28. The van der Waals surface area contributed by atoms with Gasteiger partial charge in [0.2, 0.25) is 5.91 Å². The molecule has 0 spiro atoms. The Morgan fingerprint density at radius 1 is 1.27 bits per heavy atom. The summed E-state index contributed by atoms with van der Waals surface area (Å²) < 4.78 is 10.3. The number of piperidine rings is 1. The molecule has 0 unspecified atom stereocenters. The highest BCUT2D eigenvalue weighted by atomic mass is 16.5. The first-order valence-corrected chi connectivity index (χ1v) is 7.62. The minimum Gasteiger partial charge on any atom is -0.507 e. The van der Waals surface area contributed by atoms with Crippen LogP contribution in [0.3, 0.4) is 0 Å². The van der Waals surface area contributed by atoms with Crippen molar-refractivity contribution in [3.05, 3.63) is 29.8 Å². The highest BCUT2D eigenvalue weighted by Crippen LogP contribution is 2.24. The molecule has 1 aromatic rings. The van der Waals surface area contributed by atoms with Crippen LogP contribution in [0.15, 0.2) is 24.3 Å². The number of likely N-dealkylation sites (tertiary alicyclic amines) is 1. The van der Waals surface area contributed by atoms with Gasteiger partial charge in [-0.05, 0) is 37.5 Å². The lowest BCUT2D eigenvalue weighted by molar-refractivity contribution is -0.126. The number of amides is 1. The van der Waals surface area contributed by atoms with Crippen LogP contribution >= 0.6 is 0 Å². The van der Waals surface area contributed by atoms with E-state index in [0.29, 0.717) is 24.5 Å². The lowest BCUT2D eigenvalue weighted by atomic mass is 10.1. The zero-order valence-electron chi connectivity index (χ0n) is 13.0. The Bertz CT molecular complexity index is 521. The van der Waals surface area contributed by atoms with Crippen molar-refractivity contribution in [2.45, 2.75) is 19.3 Å². The molecule has 0 saturated carbocycles. The molecule has 0 aliphatic carbocycles. The molecule has 1 aromatic carbocycles. The summed E-state index contributed by atoms with van der Waals surface area (Å²) in [5.74, 6) is 0.672. The first kappa shape index (κ1) is 16.4. The van der Waals surface area contributed by atoms with E-state index < -0.39 is 0 Å². The molecule has 1 heterocycles. The fraction of sp³-hybridized carbons (Fsp3) is 0.471. The van der Waals surface area contributed by atoms with Gasteiger partial charge in [-0.3, -0.25) is 4.79 Å². The van der Waals surface area contributed by atoms with Crippen LogP contribution in [0.2, 0.25) is 0 Å². The van der Waals surface area contributed by atoms with E-state index in [1.807, 2.05) is 4.90 Å². The molecule has 1 aliphatic heterocycles. The van der Waals surface area contributed by atoms with E-state index in [1.165, 1.54) is 12.5 Å². The third kappa shape index (κ3) is 4.77.